The van der Waals surface area contributed by atoms with Crippen LogP contribution in [0, 0.1) is 6.92 Å². The van der Waals surface area contributed by atoms with Crippen LogP contribution in [0.25, 0.3) is 0 Å². The number of rotatable bonds is 2. The fourth-order valence-corrected chi connectivity index (χ4v) is 5.00. The minimum absolute atomic E-state index is 0.0421. The standard InChI is InChI=1S/C20H19ClN2O4S/c1-13-11-15(21)7-9-17(13)27-20(24)14-6-8-16-18(12-14)28(25,26)22-19-5-3-2-4-10-23(16)19/h6-9,11-12H,2-5,10H2,1H3. The Labute approximate surface area is 168 Å². The number of amidine groups is 1. The lowest BCUT2D eigenvalue weighted by atomic mass is 10.1. The molecule has 0 N–H and O–H groups in total. The van der Waals surface area contributed by atoms with E-state index in [2.05, 4.69) is 4.40 Å². The van der Waals surface area contributed by atoms with Crippen molar-refractivity contribution in [2.24, 2.45) is 4.40 Å². The molecule has 8 heteroatoms. The monoisotopic (exact) mass is 418 g/mol. The molecule has 0 bridgehead atoms. The second-order valence-corrected chi connectivity index (χ2v) is 8.94. The van der Waals surface area contributed by atoms with E-state index in [1.165, 1.54) is 6.07 Å². The van der Waals surface area contributed by atoms with E-state index in [9.17, 15) is 13.2 Å². The van der Waals surface area contributed by atoms with Gasteiger partial charge in [0.15, 0.2) is 0 Å². The maximum atomic E-state index is 12.7. The van der Waals surface area contributed by atoms with E-state index in [4.69, 9.17) is 16.3 Å². The first-order chi connectivity index (χ1) is 13.3. The largest absolute Gasteiger partial charge is 0.423 e. The van der Waals surface area contributed by atoms with Gasteiger partial charge in [0.1, 0.15) is 16.5 Å². The van der Waals surface area contributed by atoms with E-state index in [0.717, 1.165) is 25.8 Å². The minimum atomic E-state index is -3.85. The first-order valence-corrected chi connectivity index (χ1v) is 10.9. The van der Waals surface area contributed by atoms with Crippen molar-refractivity contribution in [2.45, 2.75) is 37.5 Å². The third-order valence-electron chi connectivity index (χ3n) is 4.92. The highest BCUT2D eigenvalue weighted by molar-refractivity contribution is 7.90. The van der Waals surface area contributed by atoms with Gasteiger partial charge in [-0.15, -0.1) is 4.40 Å². The van der Waals surface area contributed by atoms with Crippen molar-refractivity contribution in [2.75, 3.05) is 11.4 Å². The number of halogens is 1. The number of sulfonamides is 1. The van der Waals surface area contributed by atoms with Crippen LogP contribution in [-0.2, 0) is 10.0 Å². The third-order valence-corrected chi connectivity index (χ3v) is 6.49. The fraction of sp³-hybridized carbons (Fsp3) is 0.300. The number of esters is 1. The topological polar surface area (TPSA) is 76.0 Å². The summed E-state index contributed by atoms with van der Waals surface area (Å²) < 4.78 is 34.8. The van der Waals surface area contributed by atoms with Crippen LogP contribution < -0.4 is 9.64 Å². The summed E-state index contributed by atoms with van der Waals surface area (Å²) in [5, 5.41) is 0.545. The average molecular weight is 419 g/mol. The van der Waals surface area contributed by atoms with E-state index in [0.29, 0.717) is 34.3 Å². The Morgan fingerprint density at radius 1 is 1.14 bits per heavy atom. The molecule has 2 aliphatic heterocycles. The molecule has 0 aliphatic carbocycles. The summed E-state index contributed by atoms with van der Waals surface area (Å²) >= 11 is 5.92. The van der Waals surface area contributed by atoms with E-state index < -0.39 is 16.0 Å². The Bertz CT molecular complexity index is 1100. The number of ether oxygens (including phenoxy) is 1. The molecule has 28 heavy (non-hydrogen) atoms. The van der Waals surface area contributed by atoms with Gasteiger partial charge in [0.05, 0.1) is 11.3 Å². The summed E-state index contributed by atoms with van der Waals surface area (Å²) in [6.07, 6.45) is 3.57. The van der Waals surface area contributed by atoms with Crippen molar-refractivity contribution in [3.05, 3.63) is 52.5 Å². The number of benzene rings is 2. The van der Waals surface area contributed by atoms with Crippen molar-refractivity contribution in [3.63, 3.8) is 0 Å². The molecule has 0 aromatic heterocycles. The summed E-state index contributed by atoms with van der Waals surface area (Å²) in [5.74, 6) is 0.328. The molecule has 0 spiro atoms. The summed E-state index contributed by atoms with van der Waals surface area (Å²) in [6.45, 7) is 2.50. The molecule has 146 valence electrons. The molecule has 4 rings (SSSR count). The van der Waals surface area contributed by atoms with Gasteiger partial charge in [-0.25, -0.2) is 4.79 Å². The molecule has 2 aliphatic rings. The number of fused-ring (bicyclic) bond motifs is 3. The first kappa shape index (κ1) is 19.0. The van der Waals surface area contributed by atoms with E-state index in [1.54, 1.807) is 37.3 Å². The molecule has 0 radical (unpaired) electrons. The predicted octanol–water partition coefficient (Wildman–Crippen LogP) is 4.35. The zero-order valence-electron chi connectivity index (χ0n) is 15.3. The van der Waals surface area contributed by atoms with Crippen molar-refractivity contribution >= 4 is 39.1 Å². The lowest BCUT2D eigenvalue weighted by Crippen LogP contribution is -2.35. The molecule has 0 amide bonds. The maximum Gasteiger partial charge on any atom is 0.343 e. The molecule has 1 saturated heterocycles. The van der Waals surface area contributed by atoms with Gasteiger partial charge in [0, 0.05) is 18.0 Å². The van der Waals surface area contributed by atoms with Gasteiger partial charge in [-0.05, 0) is 61.7 Å². The number of carbonyl (C=O) groups excluding carboxylic acids is 1. The van der Waals surface area contributed by atoms with Gasteiger partial charge >= 0.3 is 5.97 Å². The summed E-state index contributed by atoms with van der Waals surface area (Å²) in [4.78, 5) is 14.6. The smallest absolute Gasteiger partial charge is 0.343 e. The van der Waals surface area contributed by atoms with Gasteiger partial charge in [-0.1, -0.05) is 18.0 Å². The number of hydrogen-bond acceptors (Lipinski definition) is 5. The van der Waals surface area contributed by atoms with Crippen molar-refractivity contribution < 1.29 is 17.9 Å². The van der Waals surface area contributed by atoms with Crippen molar-refractivity contribution in [1.82, 2.24) is 0 Å². The highest BCUT2D eigenvalue weighted by Gasteiger charge is 2.32. The lowest BCUT2D eigenvalue weighted by Gasteiger charge is -2.29. The minimum Gasteiger partial charge on any atom is -0.423 e. The molecular formula is C20H19ClN2O4S. The third kappa shape index (κ3) is 3.52. The predicted molar refractivity (Wildman–Crippen MR) is 108 cm³/mol. The molecular weight excluding hydrogens is 400 g/mol. The molecule has 2 heterocycles. The van der Waals surface area contributed by atoms with E-state index in [-0.39, 0.29) is 10.5 Å². The van der Waals surface area contributed by atoms with Crippen LogP contribution >= 0.6 is 11.6 Å². The molecule has 6 nitrogen and oxygen atoms in total. The Morgan fingerprint density at radius 2 is 1.96 bits per heavy atom. The molecule has 0 saturated carbocycles. The van der Waals surface area contributed by atoms with Crippen molar-refractivity contribution in [3.8, 4) is 5.75 Å². The van der Waals surface area contributed by atoms with E-state index >= 15 is 0 Å². The number of hydrogen-bond donors (Lipinski definition) is 0. The zero-order chi connectivity index (χ0) is 19.9. The van der Waals surface area contributed by atoms with E-state index in [1.807, 2.05) is 4.90 Å². The Balaban J connectivity index is 1.68. The SMILES string of the molecule is Cc1cc(Cl)ccc1OC(=O)c1ccc2c(c1)S(=O)(=O)N=C1CCCCCN12. The fourth-order valence-electron chi connectivity index (χ4n) is 3.49. The zero-order valence-corrected chi connectivity index (χ0v) is 16.9. The van der Waals surface area contributed by atoms with Gasteiger partial charge < -0.3 is 9.64 Å². The van der Waals surface area contributed by atoms with Gasteiger partial charge in [0.25, 0.3) is 10.0 Å². The second kappa shape index (κ2) is 7.22. The molecule has 2 aromatic carbocycles. The number of carbonyl (C=O) groups is 1. The summed E-state index contributed by atoms with van der Waals surface area (Å²) in [6, 6.07) is 9.54. The molecule has 0 atom stereocenters. The van der Waals surface area contributed by atoms with Crippen LogP contribution in [0.1, 0.15) is 41.6 Å². The average Bonchev–Trinajstić information content (AvgIpc) is 2.88. The van der Waals surface area contributed by atoms with Crippen LogP contribution in [0.3, 0.4) is 0 Å². The normalized spacial score (nSPS) is 17.8. The Hall–Kier alpha value is -2.38. The molecule has 1 fully saturated rings. The van der Waals surface area contributed by atoms with Crippen LogP contribution in [-0.4, -0.2) is 26.8 Å². The maximum absolute atomic E-state index is 12.7. The highest BCUT2D eigenvalue weighted by Crippen LogP contribution is 2.35. The number of aryl methyl sites for hydroxylation is 1. The van der Waals surface area contributed by atoms with Crippen LogP contribution in [0.4, 0.5) is 5.69 Å². The highest BCUT2D eigenvalue weighted by atomic mass is 35.5. The molecule has 2 aromatic rings. The van der Waals surface area contributed by atoms with Gasteiger partial charge in [-0.2, -0.15) is 8.42 Å². The first-order valence-electron chi connectivity index (χ1n) is 9.09. The lowest BCUT2D eigenvalue weighted by molar-refractivity contribution is 0.0733. The quantitative estimate of drug-likeness (QED) is 0.535. The van der Waals surface area contributed by atoms with Crippen molar-refractivity contribution in [1.29, 1.82) is 0 Å². The van der Waals surface area contributed by atoms with Crippen LogP contribution in [0.15, 0.2) is 45.7 Å². The van der Waals surface area contributed by atoms with Gasteiger partial charge in [-0.3, -0.25) is 0 Å². The summed E-state index contributed by atoms with van der Waals surface area (Å²) in [7, 11) is -3.85. The van der Waals surface area contributed by atoms with Gasteiger partial charge in [0.2, 0.25) is 0 Å². The number of anilines is 1. The Kier molecular flexibility index (Phi) is 4.89. The molecule has 0 unspecified atom stereocenters. The van der Waals surface area contributed by atoms with Crippen LogP contribution in [0.5, 0.6) is 5.75 Å². The summed E-state index contributed by atoms with van der Waals surface area (Å²) in [5.41, 5.74) is 1.45. The second-order valence-electron chi connectivity index (χ2n) is 6.93. The van der Waals surface area contributed by atoms with Crippen LogP contribution in [0.2, 0.25) is 5.02 Å². The Morgan fingerprint density at radius 3 is 2.75 bits per heavy atom. The number of nitrogens with zero attached hydrogens (tertiary/aromatic N) is 2.